The molecule has 3 unspecified atom stereocenters. The minimum Gasteiger partial charge on any atom is -0.352 e. The Morgan fingerprint density at radius 1 is 1.38 bits per heavy atom. The van der Waals surface area contributed by atoms with Gasteiger partial charge in [-0.2, -0.15) is 0 Å². The van der Waals surface area contributed by atoms with Crippen LogP contribution in [0.5, 0.6) is 0 Å². The fraction of sp³-hybridized carbons (Fsp3) is 0.647. The van der Waals surface area contributed by atoms with Crippen LogP contribution in [-0.2, 0) is 4.79 Å². The minimum absolute atomic E-state index is 0.159. The summed E-state index contributed by atoms with van der Waals surface area (Å²) in [5, 5.41) is 3.30. The second-order valence-electron chi connectivity index (χ2n) is 7.20. The van der Waals surface area contributed by atoms with Crippen molar-refractivity contribution in [1.82, 2.24) is 10.3 Å². The zero-order chi connectivity index (χ0) is 15.1. The molecule has 1 aromatic heterocycles. The average molecular weight is 304 g/mol. The summed E-state index contributed by atoms with van der Waals surface area (Å²) in [5.74, 6) is 1.41. The van der Waals surface area contributed by atoms with Gasteiger partial charge in [0.15, 0.2) is 0 Å². The minimum atomic E-state index is 0.159. The number of rotatable bonds is 4. The highest BCUT2D eigenvalue weighted by Crippen LogP contribution is 2.65. The van der Waals surface area contributed by atoms with E-state index >= 15 is 0 Å². The van der Waals surface area contributed by atoms with Gasteiger partial charge in [0.25, 0.3) is 0 Å². The molecule has 1 N–H and O–H groups in total. The number of carbonyl (C=O) groups excluding carboxylic acids is 1. The van der Waals surface area contributed by atoms with Crippen LogP contribution in [0.1, 0.15) is 40.0 Å². The predicted molar refractivity (Wildman–Crippen MR) is 86.1 cm³/mol. The summed E-state index contributed by atoms with van der Waals surface area (Å²) in [7, 11) is 0. The molecule has 2 aliphatic carbocycles. The molecule has 3 atom stereocenters. The number of amides is 1. The van der Waals surface area contributed by atoms with Gasteiger partial charge in [-0.15, -0.1) is 11.8 Å². The first kappa shape index (κ1) is 14.9. The lowest BCUT2D eigenvalue weighted by molar-refractivity contribution is -0.120. The van der Waals surface area contributed by atoms with E-state index in [1.165, 1.54) is 12.8 Å². The van der Waals surface area contributed by atoms with Crippen LogP contribution in [0, 0.1) is 16.7 Å². The Morgan fingerprint density at radius 2 is 2.10 bits per heavy atom. The number of hydrogen-bond donors (Lipinski definition) is 1. The molecule has 21 heavy (non-hydrogen) atoms. The number of aromatic nitrogens is 1. The molecule has 114 valence electrons. The lowest BCUT2D eigenvalue weighted by atomic mass is 9.69. The van der Waals surface area contributed by atoms with Crippen molar-refractivity contribution in [3.8, 4) is 0 Å². The molecule has 3 rings (SSSR count). The maximum atomic E-state index is 12.3. The first-order valence-electron chi connectivity index (χ1n) is 7.76. The van der Waals surface area contributed by atoms with Crippen molar-refractivity contribution >= 4 is 17.7 Å². The third kappa shape index (κ3) is 2.48. The van der Waals surface area contributed by atoms with Crippen LogP contribution in [0.2, 0.25) is 0 Å². The van der Waals surface area contributed by atoms with E-state index in [1.807, 2.05) is 12.1 Å². The molecule has 1 heterocycles. The van der Waals surface area contributed by atoms with Gasteiger partial charge in [-0.1, -0.05) is 20.8 Å². The number of carbonyl (C=O) groups is 1. The summed E-state index contributed by atoms with van der Waals surface area (Å²) in [6, 6.07) is 4.23. The summed E-state index contributed by atoms with van der Waals surface area (Å²) < 4.78 is 0. The van der Waals surface area contributed by atoms with Crippen LogP contribution in [0.25, 0.3) is 0 Å². The van der Waals surface area contributed by atoms with Crippen LogP contribution in [0.15, 0.2) is 29.4 Å². The predicted octanol–water partition coefficient (Wildman–Crippen LogP) is 3.50. The van der Waals surface area contributed by atoms with Gasteiger partial charge in [0.05, 0.1) is 5.75 Å². The molecule has 4 heteroatoms. The summed E-state index contributed by atoms with van der Waals surface area (Å²) in [6.07, 6.45) is 7.24. The molecule has 2 saturated carbocycles. The average Bonchev–Trinajstić information content (AvgIpc) is 2.79. The Kier molecular flexibility index (Phi) is 3.76. The maximum Gasteiger partial charge on any atom is 0.230 e. The molecule has 0 spiro atoms. The highest BCUT2D eigenvalue weighted by atomic mass is 32.2. The topological polar surface area (TPSA) is 42.0 Å². The highest BCUT2D eigenvalue weighted by molar-refractivity contribution is 8.00. The first-order valence-corrected chi connectivity index (χ1v) is 8.74. The molecule has 0 aromatic carbocycles. The fourth-order valence-corrected chi connectivity index (χ4v) is 4.94. The Balaban J connectivity index is 1.57. The Bertz CT molecular complexity index is 531. The standard InChI is InChI=1S/C17H24N2OS/c1-16(2)12-4-7-17(16,3)14(10-12)19-15(20)11-21-13-5-8-18-9-6-13/h5-6,8-9,12,14H,4,7,10-11H2,1-3H3,(H,19,20). The second kappa shape index (κ2) is 5.31. The van der Waals surface area contributed by atoms with Gasteiger partial charge in [-0.3, -0.25) is 9.78 Å². The van der Waals surface area contributed by atoms with Crippen LogP contribution >= 0.6 is 11.8 Å². The van der Waals surface area contributed by atoms with E-state index in [1.54, 1.807) is 24.2 Å². The molecule has 3 nitrogen and oxygen atoms in total. The van der Waals surface area contributed by atoms with Gasteiger partial charge in [0.2, 0.25) is 5.91 Å². The monoisotopic (exact) mass is 304 g/mol. The van der Waals surface area contributed by atoms with Gasteiger partial charge in [-0.05, 0) is 48.1 Å². The van der Waals surface area contributed by atoms with E-state index in [9.17, 15) is 4.79 Å². The van der Waals surface area contributed by atoms with Crippen molar-refractivity contribution in [1.29, 1.82) is 0 Å². The van der Waals surface area contributed by atoms with E-state index in [2.05, 4.69) is 31.1 Å². The van der Waals surface area contributed by atoms with Crippen molar-refractivity contribution in [3.05, 3.63) is 24.5 Å². The molecular weight excluding hydrogens is 280 g/mol. The van der Waals surface area contributed by atoms with Crippen LogP contribution in [-0.4, -0.2) is 22.7 Å². The number of nitrogens with zero attached hydrogens (tertiary/aromatic N) is 1. The molecule has 1 amide bonds. The summed E-state index contributed by atoms with van der Waals surface area (Å²) >= 11 is 1.58. The van der Waals surface area contributed by atoms with Crippen LogP contribution in [0.3, 0.4) is 0 Å². The number of hydrogen-bond acceptors (Lipinski definition) is 3. The number of pyridine rings is 1. The van der Waals surface area contributed by atoms with Gasteiger partial charge in [0.1, 0.15) is 0 Å². The number of fused-ring (bicyclic) bond motifs is 2. The van der Waals surface area contributed by atoms with Crippen molar-refractivity contribution < 1.29 is 4.79 Å². The van der Waals surface area contributed by atoms with E-state index in [0.29, 0.717) is 17.2 Å². The first-order chi connectivity index (χ1) is 9.93. The van der Waals surface area contributed by atoms with Gasteiger partial charge in [0, 0.05) is 23.3 Å². The molecule has 0 aliphatic heterocycles. The molecule has 2 bridgehead atoms. The maximum absolute atomic E-state index is 12.3. The van der Waals surface area contributed by atoms with Crippen molar-refractivity contribution in [2.75, 3.05) is 5.75 Å². The van der Waals surface area contributed by atoms with Crippen molar-refractivity contribution in [2.24, 2.45) is 16.7 Å². The number of nitrogens with one attached hydrogen (secondary N) is 1. The van der Waals surface area contributed by atoms with E-state index in [-0.39, 0.29) is 11.3 Å². The van der Waals surface area contributed by atoms with Gasteiger partial charge < -0.3 is 5.32 Å². The van der Waals surface area contributed by atoms with Crippen molar-refractivity contribution in [2.45, 2.75) is 51.0 Å². The van der Waals surface area contributed by atoms with Gasteiger partial charge >= 0.3 is 0 Å². The number of thioether (sulfide) groups is 1. The molecular formula is C17H24N2OS. The van der Waals surface area contributed by atoms with E-state index in [0.717, 1.165) is 17.2 Å². The zero-order valence-electron chi connectivity index (χ0n) is 13.1. The van der Waals surface area contributed by atoms with E-state index in [4.69, 9.17) is 0 Å². The quantitative estimate of drug-likeness (QED) is 0.866. The summed E-state index contributed by atoms with van der Waals surface area (Å²) in [6.45, 7) is 7.12. The smallest absolute Gasteiger partial charge is 0.230 e. The lowest BCUT2D eigenvalue weighted by Crippen LogP contribution is -2.47. The van der Waals surface area contributed by atoms with Gasteiger partial charge in [-0.25, -0.2) is 0 Å². The molecule has 2 fully saturated rings. The Morgan fingerprint density at radius 3 is 2.67 bits per heavy atom. The van der Waals surface area contributed by atoms with Crippen LogP contribution in [0.4, 0.5) is 0 Å². The third-order valence-corrected chi connectivity index (χ3v) is 7.16. The van der Waals surface area contributed by atoms with Crippen molar-refractivity contribution in [3.63, 3.8) is 0 Å². The molecule has 0 radical (unpaired) electrons. The summed E-state index contributed by atoms with van der Waals surface area (Å²) in [5.41, 5.74) is 0.609. The Labute approximate surface area is 131 Å². The summed E-state index contributed by atoms with van der Waals surface area (Å²) in [4.78, 5) is 17.3. The fourth-order valence-electron chi connectivity index (χ4n) is 4.24. The Hall–Kier alpha value is -1.03. The second-order valence-corrected chi connectivity index (χ2v) is 8.25. The van der Waals surface area contributed by atoms with E-state index < -0.39 is 0 Å². The molecule has 1 aromatic rings. The SMILES string of the molecule is CC1(C)C2CCC1(C)C(NC(=O)CSc1ccncc1)C2. The van der Waals surface area contributed by atoms with Crippen LogP contribution < -0.4 is 5.32 Å². The molecule has 2 aliphatic rings. The zero-order valence-corrected chi connectivity index (χ0v) is 13.9. The third-order valence-electron chi connectivity index (χ3n) is 6.15. The normalized spacial score (nSPS) is 33.1. The molecule has 0 saturated heterocycles. The largest absolute Gasteiger partial charge is 0.352 e. The highest BCUT2D eigenvalue weighted by Gasteiger charge is 2.61. The lowest BCUT2D eigenvalue weighted by Gasteiger charge is -2.39.